The molecule has 1 aliphatic rings. The third-order valence-electron chi connectivity index (χ3n) is 1.79. The first-order chi connectivity index (χ1) is 5.77. The Morgan fingerprint density at radius 1 is 1.42 bits per heavy atom. The predicted octanol–water partition coefficient (Wildman–Crippen LogP) is 1.30. The molecule has 0 bridgehead atoms. The number of ether oxygens (including phenoxy) is 1. The Hall–Kier alpha value is -1.03. The highest BCUT2D eigenvalue weighted by molar-refractivity contribution is 5.16. The Balaban J connectivity index is 2.26. The van der Waals surface area contributed by atoms with Crippen LogP contribution in [-0.2, 0) is 11.2 Å². The van der Waals surface area contributed by atoms with Crippen molar-refractivity contribution >= 4 is 0 Å². The first-order valence-corrected chi connectivity index (χ1v) is 3.67. The summed E-state index contributed by atoms with van der Waals surface area (Å²) in [6, 6.07) is 0. The van der Waals surface area contributed by atoms with Crippen LogP contribution in [0.5, 0.6) is 0 Å². The second kappa shape index (κ2) is 2.79. The highest BCUT2D eigenvalue weighted by Crippen LogP contribution is 2.19. The molecular formula is C8H7F2NO. The summed E-state index contributed by atoms with van der Waals surface area (Å²) >= 11 is 0. The van der Waals surface area contributed by atoms with Gasteiger partial charge in [0.05, 0.1) is 25.1 Å². The van der Waals surface area contributed by atoms with Gasteiger partial charge < -0.3 is 4.74 Å². The maximum absolute atomic E-state index is 12.9. The third kappa shape index (κ3) is 1.43. The molecule has 0 N–H and O–H groups in total. The fraction of sp³-hybridized carbons (Fsp3) is 0.375. The quantitative estimate of drug-likeness (QED) is 0.627. The van der Waals surface area contributed by atoms with Crippen molar-refractivity contribution < 1.29 is 13.5 Å². The molecule has 0 saturated carbocycles. The van der Waals surface area contributed by atoms with E-state index in [1.165, 1.54) is 0 Å². The highest BCUT2D eigenvalue weighted by atomic mass is 19.1. The van der Waals surface area contributed by atoms with Crippen molar-refractivity contribution in [3.05, 3.63) is 29.6 Å². The van der Waals surface area contributed by atoms with Crippen LogP contribution in [-0.4, -0.2) is 17.7 Å². The van der Waals surface area contributed by atoms with Crippen LogP contribution in [0.4, 0.5) is 8.78 Å². The van der Waals surface area contributed by atoms with Crippen molar-refractivity contribution in [2.75, 3.05) is 6.61 Å². The van der Waals surface area contributed by atoms with Crippen molar-refractivity contribution in [3.63, 3.8) is 0 Å². The summed E-state index contributed by atoms with van der Waals surface area (Å²) in [4.78, 5) is 3.38. The van der Waals surface area contributed by atoms with Gasteiger partial charge in [0, 0.05) is 12.0 Å². The molecule has 2 nitrogen and oxygen atoms in total. The summed E-state index contributed by atoms with van der Waals surface area (Å²) in [6.07, 6.45) is 2.33. The fourth-order valence-corrected chi connectivity index (χ4v) is 1.05. The van der Waals surface area contributed by atoms with E-state index in [1.54, 1.807) is 0 Å². The van der Waals surface area contributed by atoms with E-state index in [2.05, 4.69) is 4.98 Å². The van der Waals surface area contributed by atoms with Gasteiger partial charge in [-0.2, -0.15) is 0 Å². The van der Waals surface area contributed by atoms with Gasteiger partial charge in [0.1, 0.15) is 11.6 Å². The maximum atomic E-state index is 12.9. The van der Waals surface area contributed by atoms with Gasteiger partial charge in [-0.15, -0.1) is 0 Å². The number of halogens is 2. The summed E-state index contributed by atoms with van der Waals surface area (Å²) in [5.41, 5.74) is 0.0764. The van der Waals surface area contributed by atoms with Crippen LogP contribution in [0.3, 0.4) is 0 Å². The normalized spacial score (nSPS) is 21.0. The van der Waals surface area contributed by atoms with Crippen molar-refractivity contribution in [2.24, 2.45) is 0 Å². The summed E-state index contributed by atoms with van der Waals surface area (Å²) in [6.45, 7) is 0.598. The van der Waals surface area contributed by atoms with Gasteiger partial charge in [-0.05, 0) is 0 Å². The van der Waals surface area contributed by atoms with Gasteiger partial charge in [0.25, 0.3) is 0 Å². The zero-order chi connectivity index (χ0) is 8.55. The van der Waals surface area contributed by atoms with E-state index in [0.29, 0.717) is 13.0 Å². The van der Waals surface area contributed by atoms with Gasteiger partial charge in [-0.3, -0.25) is 4.98 Å². The van der Waals surface area contributed by atoms with Crippen LogP contribution in [0, 0.1) is 11.6 Å². The molecular weight excluding hydrogens is 164 g/mol. The van der Waals surface area contributed by atoms with Gasteiger partial charge in [0.2, 0.25) is 0 Å². The van der Waals surface area contributed by atoms with Crippen LogP contribution in [0.1, 0.15) is 5.56 Å². The second-order valence-electron chi connectivity index (χ2n) is 2.74. The molecule has 4 heteroatoms. The number of nitrogens with zero attached hydrogens (tertiary/aromatic N) is 1. The Kier molecular flexibility index (Phi) is 1.77. The highest BCUT2D eigenvalue weighted by Gasteiger charge is 2.25. The number of aromatic nitrogens is 1. The van der Waals surface area contributed by atoms with Gasteiger partial charge in [0.15, 0.2) is 0 Å². The number of rotatable bonds is 2. The van der Waals surface area contributed by atoms with E-state index >= 15 is 0 Å². The molecule has 0 amide bonds. The number of hydrogen-bond donors (Lipinski definition) is 0. The topological polar surface area (TPSA) is 25.4 Å². The molecule has 0 aromatic carbocycles. The Bertz CT molecular complexity index is 279. The lowest BCUT2D eigenvalue weighted by Crippen LogP contribution is -2.01. The largest absolute Gasteiger partial charge is 0.373 e. The number of pyridine rings is 1. The molecule has 1 aliphatic heterocycles. The minimum Gasteiger partial charge on any atom is -0.373 e. The molecule has 1 fully saturated rings. The molecule has 0 aliphatic carbocycles. The van der Waals surface area contributed by atoms with Crippen LogP contribution < -0.4 is 0 Å². The average molecular weight is 171 g/mol. The van der Waals surface area contributed by atoms with E-state index in [-0.39, 0.29) is 11.7 Å². The van der Waals surface area contributed by atoms with Crippen molar-refractivity contribution in [1.82, 2.24) is 4.98 Å². The lowest BCUT2D eigenvalue weighted by molar-refractivity contribution is 0.400. The first kappa shape index (κ1) is 7.61. The Morgan fingerprint density at radius 3 is 2.50 bits per heavy atom. The molecule has 1 aromatic heterocycles. The monoisotopic (exact) mass is 171 g/mol. The lowest BCUT2D eigenvalue weighted by Gasteiger charge is -2.00. The first-order valence-electron chi connectivity index (χ1n) is 3.67. The van der Waals surface area contributed by atoms with E-state index in [0.717, 1.165) is 12.4 Å². The number of hydrogen-bond acceptors (Lipinski definition) is 2. The molecule has 64 valence electrons. The summed E-state index contributed by atoms with van der Waals surface area (Å²) < 4.78 is 30.6. The SMILES string of the molecule is Fc1cncc(F)c1CC1CO1. The zero-order valence-electron chi connectivity index (χ0n) is 6.26. The van der Waals surface area contributed by atoms with Crippen molar-refractivity contribution in [1.29, 1.82) is 0 Å². The van der Waals surface area contributed by atoms with Crippen LogP contribution in [0.2, 0.25) is 0 Å². The molecule has 1 aromatic rings. The van der Waals surface area contributed by atoms with E-state index in [4.69, 9.17) is 4.74 Å². The van der Waals surface area contributed by atoms with Gasteiger partial charge >= 0.3 is 0 Å². The molecule has 2 heterocycles. The minimum absolute atomic E-state index is 0.00333. The summed E-state index contributed by atoms with van der Waals surface area (Å²) in [5, 5.41) is 0. The van der Waals surface area contributed by atoms with E-state index in [1.807, 2.05) is 0 Å². The van der Waals surface area contributed by atoms with Crippen LogP contribution >= 0.6 is 0 Å². The molecule has 1 atom stereocenters. The standard InChI is InChI=1S/C8H7F2NO/c9-7-2-11-3-8(10)6(7)1-5-4-12-5/h2-3,5H,1,4H2. The minimum atomic E-state index is -0.592. The maximum Gasteiger partial charge on any atom is 0.147 e. The number of epoxide rings is 1. The van der Waals surface area contributed by atoms with Gasteiger partial charge in [-0.1, -0.05) is 0 Å². The Morgan fingerprint density at radius 2 is 2.00 bits per heavy atom. The molecule has 12 heavy (non-hydrogen) atoms. The van der Waals surface area contributed by atoms with E-state index < -0.39 is 11.6 Å². The molecule has 1 unspecified atom stereocenters. The zero-order valence-corrected chi connectivity index (χ0v) is 6.26. The van der Waals surface area contributed by atoms with Crippen molar-refractivity contribution in [3.8, 4) is 0 Å². The Labute approximate surface area is 68.2 Å². The summed E-state index contributed by atoms with van der Waals surface area (Å²) in [5.74, 6) is -1.18. The predicted molar refractivity (Wildman–Crippen MR) is 37.6 cm³/mol. The van der Waals surface area contributed by atoms with Crippen molar-refractivity contribution in [2.45, 2.75) is 12.5 Å². The molecule has 1 saturated heterocycles. The third-order valence-corrected chi connectivity index (χ3v) is 1.79. The molecule has 0 spiro atoms. The smallest absolute Gasteiger partial charge is 0.147 e. The lowest BCUT2D eigenvalue weighted by atomic mass is 10.1. The average Bonchev–Trinajstić information content (AvgIpc) is 2.80. The van der Waals surface area contributed by atoms with E-state index in [9.17, 15) is 8.78 Å². The van der Waals surface area contributed by atoms with Gasteiger partial charge in [-0.25, -0.2) is 8.78 Å². The summed E-state index contributed by atoms with van der Waals surface area (Å²) in [7, 11) is 0. The van der Waals surface area contributed by atoms with Crippen LogP contribution in [0.25, 0.3) is 0 Å². The molecule has 2 rings (SSSR count). The second-order valence-corrected chi connectivity index (χ2v) is 2.74. The van der Waals surface area contributed by atoms with Crippen LogP contribution in [0.15, 0.2) is 12.4 Å². The fourth-order valence-electron chi connectivity index (χ4n) is 1.05. The molecule has 0 radical (unpaired) electrons.